The second kappa shape index (κ2) is 7.61. The lowest BCUT2D eigenvalue weighted by Crippen LogP contribution is -2.57. The lowest BCUT2D eigenvalue weighted by atomic mass is 9.83. The van der Waals surface area contributed by atoms with Gasteiger partial charge in [0.1, 0.15) is 17.5 Å². The number of nitrogens with zero attached hydrogens (tertiary/aromatic N) is 1. The van der Waals surface area contributed by atoms with E-state index in [1.807, 2.05) is 56.9 Å². The van der Waals surface area contributed by atoms with E-state index in [1.165, 1.54) is 6.42 Å². The number of carbonyl (C=O) groups excluding carboxylic acids is 1. The third-order valence-corrected chi connectivity index (χ3v) is 4.94. The minimum atomic E-state index is -0.459. The zero-order valence-electron chi connectivity index (χ0n) is 16.2. The average molecular weight is 355 g/mol. The summed E-state index contributed by atoms with van der Waals surface area (Å²) in [6.45, 7) is 7.59. The van der Waals surface area contributed by atoms with Crippen LogP contribution in [0.2, 0.25) is 0 Å². The first-order chi connectivity index (χ1) is 12.4. The second-order valence-corrected chi connectivity index (χ2v) is 8.24. The number of hydrogen-bond acceptors (Lipinski definition) is 3. The lowest BCUT2D eigenvalue weighted by Gasteiger charge is -2.48. The Morgan fingerprint density at radius 1 is 1.19 bits per heavy atom. The molecule has 140 valence electrons. The molecule has 0 spiro atoms. The molecular formula is C22H29NO3. The quantitative estimate of drug-likeness (QED) is 0.718. The molecule has 1 aromatic carbocycles. The largest absolute Gasteiger partial charge is 0.490 e. The smallest absolute Gasteiger partial charge is 0.410 e. The number of piperidine rings is 2. The van der Waals surface area contributed by atoms with Crippen molar-refractivity contribution in [2.24, 2.45) is 0 Å². The Balaban J connectivity index is 1.68. The molecule has 4 nitrogen and oxygen atoms in total. The fraction of sp³-hybridized carbons (Fsp3) is 0.591. The predicted octanol–water partition coefficient (Wildman–Crippen LogP) is 4.76. The van der Waals surface area contributed by atoms with Gasteiger partial charge >= 0.3 is 6.09 Å². The van der Waals surface area contributed by atoms with Crippen LogP contribution in [0.3, 0.4) is 0 Å². The molecule has 2 aliphatic heterocycles. The SMILES string of the molecule is CC#Cc1cccc(OC2C[C@H]3CCC[C@@H](C2)N3C(=O)OC(C)(C)C)c1. The summed E-state index contributed by atoms with van der Waals surface area (Å²) in [5, 5.41) is 0. The van der Waals surface area contributed by atoms with Crippen LogP contribution in [0, 0.1) is 11.8 Å². The molecule has 1 amide bonds. The number of carbonyl (C=O) groups is 1. The van der Waals surface area contributed by atoms with Crippen molar-refractivity contribution >= 4 is 6.09 Å². The number of hydrogen-bond donors (Lipinski definition) is 0. The third-order valence-electron chi connectivity index (χ3n) is 4.94. The Hall–Kier alpha value is -2.15. The average Bonchev–Trinajstić information content (AvgIpc) is 2.53. The van der Waals surface area contributed by atoms with Crippen LogP contribution in [0.15, 0.2) is 24.3 Å². The fourth-order valence-corrected chi connectivity index (χ4v) is 4.02. The van der Waals surface area contributed by atoms with Gasteiger partial charge in [0.25, 0.3) is 0 Å². The Kier molecular flexibility index (Phi) is 5.46. The summed E-state index contributed by atoms with van der Waals surface area (Å²) in [7, 11) is 0. The Bertz CT molecular complexity index is 696. The number of rotatable bonds is 2. The van der Waals surface area contributed by atoms with Crippen molar-refractivity contribution in [3.63, 3.8) is 0 Å². The molecule has 2 bridgehead atoms. The van der Waals surface area contributed by atoms with Crippen molar-refractivity contribution in [2.45, 2.75) is 83.6 Å². The Morgan fingerprint density at radius 2 is 1.88 bits per heavy atom. The molecule has 1 unspecified atom stereocenters. The number of fused-ring (bicyclic) bond motifs is 2. The van der Waals surface area contributed by atoms with Crippen LogP contribution in [0.4, 0.5) is 4.79 Å². The summed E-state index contributed by atoms with van der Waals surface area (Å²) in [5.41, 5.74) is 0.510. The van der Waals surface area contributed by atoms with Gasteiger partial charge in [0.2, 0.25) is 0 Å². The first kappa shape index (κ1) is 18.6. The first-order valence-electron chi connectivity index (χ1n) is 9.56. The monoisotopic (exact) mass is 355 g/mol. The summed E-state index contributed by atoms with van der Waals surface area (Å²) >= 11 is 0. The van der Waals surface area contributed by atoms with Crippen molar-refractivity contribution in [3.05, 3.63) is 29.8 Å². The molecule has 3 atom stereocenters. The molecule has 2 heterocycles. The van der Waals surface area contributed by atoms with E-state index >= 15 is 0 Å². The highest BCUT2D eigenvalue weighted by molar-refractivity contribution is 5.69. The van der Waals surface area contributed by atoms with Crippen molar-refractivity contribution in [3.8, 4) is 17.6 Å². The molecule has 2 aliphatic rings. The maximum atomic E-state index is 12.7. The minimum Gasteiger partial charge on any atom is -0.490 e. The van der Waals surface area contributed by atoms with E-state index in [9.17, 15) is 4.79 Å². The van der Waals surface area contributed by atoms with E-state index in [4.69, 9.17) is 9.47 Å². The van der Waals surface area contributed by atoms with Crippen LogP contribution in [0.5, 0.6) is 5.75 Å². The summed E-state index contributed by atoms with van der Waals surface area (Å²) in [5.74, 6) is 6.85. The molecular weight excluding hydrogens is 326 g/mol. The Morgan fingerprint density at radius 3 is 2.50 bits per heavy atom. The van der Waals surface area contributed by atoms with Gasteiger partial charge in [0, 0.05) is 30.5 Å². The first-order valence-corrected chi connectivity index (χ1v) is 9.56. The van der Waals surface area contributed by atoms with E-state index in [2.05, 4.69) is 11.8 Å². The van der Waals surface area contributed by atoms with E-state index < -0.39 is 5.60 Å². The van der Waals surface area contributed by atoms with Crippen LogP contribution in [0.25, 0.3) is 0 Å². The van der Waals surface area contributed by atoms with Gasteiger partial charge in [-0.1, -0.05) is 12.0 Å². The van der Waals surface area contributed by atoms with Gasteiger partial charge in [-0.2, -0.15) is 0 Å². The zero-order valence-corrected chi connectivity index (χ0v) is 16.2. The topological polar surface area (TPSA) is 38.8 Å². The maximum Gasteiger partial charge on any atom is 0.410 e. The second-order valence-electron chi connectivity index (χ2n) is 8.24. The molecule has 3 rings (SSSR count). The van der Waals surface area contributed by atoms with Gasteiger partial charge in [-0.05, 0) is 65.2 Å². The van der Waals surface area contributed by atoms with E-state index in [-0.39, 0.29) is 24.3 Å². The van der Waals surface area contributed by atoms with Crippen molar-refractivity contribution in [2.75, 3.05) is 0 Å². The van der Waals surface area contributed by atoms with Crippen LogP contribution in [-0.4, -0.2) is 34.8 Å². The highest BCUT2D eigenvalue weighted by Gasteiger charge is 2.43. The molecule has 0 aliphatic carbocycles. The minimum absolute atomic E-state index is 0.133. The number of benzene rings is 1. The standard InChI is InChI=1S/C22H29NO3/c1-5-8-16-9-6-12-19(13-16)25-20-14-17-10-7-11-18(15-20)23(17)21(24)26-22(2,3)4/h6,9,12-13,17-18,20H,7,10-11,14-15H2,1-4H3/t17-,18+,20?. The van der Waals surface area contributed by atoms with Gasteiger partial charge < -0.3 is 14.4 Å². The molecule has 2 saturated heterocycles. The number of amides is 1. The summed E-state index contributed by atoms with van der Waals surface area (Å²) in [6, 6.07) is 8.36. The zero-order chi connectivity index (χ0) is 18.7. The van der Waals surface area contributed by atoms with Crippen molar-refractivity contribution < 1.29 is 14.3 Å². The molecule has 0 radical (unpaired) electrons. The highest BCUT2D eigenvalue weighted by Crippen LogP contribution is 2.36. The van der Waals surface area contributed by atoms with Crippen molar-refractivity contribution in [1.82, 2.24) is 4.90 Å². The lowest BCUT2D eigenvalue weighted by molar-refractivity contribution is -0.0405. The van der Waals surface area contributed by atoms with Gasteiger partial charge in [-0.25, -0.2) is 4.79 Å². The van der Waals surface area contributed by atoms with Crippen LogP contribution in [-0.2, 0) is 4.74 Å². The summed E-state index contributed by atoms with van der Waals surface area (Å²) in [6.07, 6.45) is 4.90. The highest BCUT2D eigenvalue weighted by atomic mass is 16.6. The van der Waals surface area contributed by atoms with E-state index in [0.29, 0.717) is 0 Å². The molecule has 1 aromatic rings. The molecule has 0 aromatic heterocycles. The molecule has 0 N–H and O–H groups in total. The normalized spacial score (nSPS) is 25.1. The van der Waals surface area contributed by atoms with Crippen LogP contribution < -0.4 is 4.74 Å². The predicted molar refractivity (Wildman–Crippen MR) is 102 cm³/mol. The summed E-state index contributed by atoms with van der Waals surface area (Å²) < 4.78 is 11.9. The molecule has 26 heavy (non-hydrogen) atoms. The van der Waals surface area contributed by atoms with Crippen LogP contribution >= 0.6 is 0 Å². The van der Waals surface area contributed by atoms with Crippen LogP contribution in [0.1, 0.15) is 65.4 Å². The molecule has 0 saturated carbocycles. The van der Waals surface area contributed by atoms with Gasteiger partial charge in [0.05, 0.1) is 0 Å². The molecule has 2 fully saturated rings. The number of ether oxygens (including phenoxy) is 2. The van der Waals surface area contributed by atoms with Gasteiger partial charge in [-0.15, -0.1) is 5.92 Å². The van der Waals surface area contributed by atoms with Gasteiger partial charge in [0.15, 0.2) is 0 Å². The molecule has 4 heteroatoms. The maximum absolute atomic E-state index is 12.7. The fourth-order valence-electron chi connectivity index (χ4n) is 4.02. The van der Waals surface area contributed by atoms with E-state index in [1.54, 1.807) is 0 Å². The van der Waals surface area contributed by atoms with E-state index in [0.717, 1.165) is 37.0 Å². The van der Waals surface area contributed by atoms with Crippen molar-refractivity contribution in [1.29, 1.82) is 0 Å². The van der Waals surface area contributed by atoms with Gasteiger partial charge in [-0.3, -0.25) is 0 Å². The Labute approximate surface area is 156 Å². The third kappa shape index (κ3) is 4.52. The summed E-state index contributed by atoms with van der Waals surface area (Å²) in [4.78, 5) is 14.6.